The fourth-order valence-corrected chi connectivity index (χ4v) is 2.51. The zero-order valence-corrected chi connectivity index (χ0v) is 12.4. The van der Waals surface area contributed by atoms with Gasteiger partial charge in [-0.1, -0.05) is 25.8 Å². The van der Waals surface area contributed by atoms with Crippen LogP contribution in [0.2, 0.25) is 0 Å². The summed E-state index contributed by atoms with van der Waals surface area (Å²) in [6.07, 6.45) is 6.88. The molecule has 4 heteroatoms. The molecular formula is C14H28N2OS. The van der Waals surface area contributed by atoms with Crippen molar-refractivity contribution in [3.05, 3.63) is 12.7 Å². The van der Waals surface area contributed by atoms with E-state index in [2.05, 4.69) is 18.8 Å². The predicted molar refractivity (Wildman–Crippen MR) is 81.8 cm³/mol. The van der Waals surface area contributed by atoms with Gasteiger partial charge in [-0.15, -0.1) is 6.58 Å². The zero-order valence-electron chi connectivity index (χ0n) is 11.6. The molecular weight excluding hydrogens is 244 g/mol. The summed E-state index contributed by atoms with van der Waals surface area (Å²) < 4.78 is 0. The third-order valence-electron chi connectivity index (χ3n) is 2.86. The van der Waals surface area contributed by atoms with Crippen molar-refractivity contribution in [2.45, 2.75) is 39.0 Å². The van der Waals surface area contributed by atoms with Crippen molar-refractivity contribution in [3.8, 4) is 0 Å². The largest absolute Gasteiger partial charge is 0.355 e. The average molecular weight is 272 g/mol. The summed E-state index contributed by atoms with van der Waals surface area (Å²) in [5, 5.41) is 2.96. The highest BCUT2D eigenvalue weighted by Crippen LogP contribution is 2.16. The van der Waals surface area contributed by atoms with Gasteiger partial charge in [0.15, 0.2) is 0 Å². The van der Waals surface area contributed by atoms with E-state index in [1.807, 2.05) is 6.08 Å². The Hall–Kier alpha value is -0.480. The van der Waals surface area contributed by atoms with E-state index in [0.29, 0.717) is 12.3 Å². The van der Waals surface area contributed by atoms with Gasteiger partial charge in [-0.2, -0.15) is 11.8 Å². The van der Waals surface area contributed by atoms with Crippen molar-refractivity contribution in [2.24, 2.45) is 11.7 Å². The SMILES string of the molecule is C=CCSCCNC(=O)CCC(CCC)CCN. The first-order valence-electron chi connectivity index (χ1n) is 6.90. The second-order valence-corrected chi connectivity index (χ2v) is 5.63. The van der Waals surface area contributed by atoms with E-state index in [4.69, 9.17) is 5.73 Å². The summed E-state index contributed by atoms with van der Waals surface area (Å²) in [7, 11) is 0. The van der Waals surface area contributed by atoms with Crippen molar-refractivity contribution in [1.29, 1.82) is 0 Å². The molecule has 0 aliphatic heterocycles. The van der Waals surface area contributed by atoms with Gasteiger partial charge in [-0.3, -0.25) is 4.79 Å². The molecule has 0 aromatic heterocycles. The minimum Gasteiger partial charge on any atom is -0.355 e. The van der Waals surface area contributed by atoms with E-state index in [0.717, 1.165) is 37.4 Å². The standard InChI is InChI=1S/C14H28N2OS/c1-3-5-13(8-9-15)6-7-14(17)16-10-12-18-11-4-2/h4,13H,2-3,5-12,15H2,1H3,(H,16,17). The minimum absolute atomic E-state index is 0.173. The Morgan fingerprint density at radius 2 is 2.22 bits per heavy atom. The lowest BCUT2D eigenvalue weighted by Gasteiger charge is -2.14. The Morgan fingerprint density at radius 3 is 2.83 bits per heavy atom. The monoisotopic (exact) mass is 272 g/mol. The van der Waals surface area contributed by atoms with Gasteiger partial charge in [0.05, 0.1) is 0 Å². The van der Waals surface area contributed by atoms with E-state index < -0.39 is 0 Å². The predicted octanol–water partition coefficient (Wildman–Crippen LogP) is 2.57. The van der Waals surface area contributed by atoms with Crippen molar-refractivity contribution >= 4 is 17.7 Å². The maximum atomic E-state index is 11.6. The van der Waals surface area contributed by atoms with Gasteiger partial charge in [-0.05, 0) is 25.3 Å². The Kier molecular flexibility index (Phi) is 12.6. The molecule has 3 N–H and O–H groups in total. The summed E-state index contributed by atoms with van der Waals surface area (Å²) in [6.45, 7) is 7.32. The first-order chi connectivity index (χ1) is 8.74. The van der Waals surface area contributed by atoms with Gasteiger partial charge < -0.3 is 11.1 Å². The summed E-state index contributed by atoms with van der Waals surface area (Å²) >= 11 is 1.79. The number of rotatable bonds is 12. The first-order valence-corrected chi connectivity index (χ1v) is 8.05. The normalized spacial score (nSPS) is 12.1. The molecule has 0 spiro atoms. The van der Waals surface area contributed by atoms with Gasteiger partial charge in [0.2, 0.25) is 5.91 Å². The van der Waals surface area contributed by atoms with Gasteiger partial charge in [0, 0.05) is 24.5 Å². The Morgan fingerprint density at radius 1 is 1.44 bits per heavy atom. The number of hydrogen-bond donors (Lipinski definition) is 2. The molecule has 0 aromatic rings. The Bertz CT molecular complexity index is 216. The Labute approximate surface area is 116 Å². The van der Waals surface area contributed by atoms with Crippen molar-refractivity contribution in [2.75, 3.05) is 24.6 Å². The topological polar surface area (TPSA) is 55.1 Å². The molecule has 106 valence electrons. The van der Waals surface area contributed by atoms with Gasteiger partial charge in [-0.25, -0.2) is 0 Å². The molecule has 0 aromatic carbocycles. The van der Waals surface area contributed by atoms with Crippen LogP contribution >= 0.6 is 11.8 Å². The molecule has 0 aliphatic carbocycles. The van der Waals surface area contributed by atoms with E-state index in [9.17, 15) is 4.79 Å². The quantitative estimate of drug-likeness (QED) is 0.424. The van der Waals surface area contributed by atoms with E-state index >= 15 is 0 Å². The molecule has 0 bridgehead atoms. The molecule has 0 saturated heterocycles. The zero-order chi connectivity index (χ0) is 13.6. The maximum absolute atomic E-state index is 11.6. The van der Waals surface area contributed by atoms with Crippen LogP contribution in [0.3, 0.4) is 0 Å². The van der Waals surface area contributed by atoms with Gasteiger partial charge in [0.25, 0.3) is 0 Å². The number of thioether (sulfide) groups is 1. The van der Waals surface area contributed by atoms with Crippen LogP contribution in [0.15, 0.2) is 12.7 Å². The molecule has 18 heavy (non-hydrogen) atoms. The van der Waals surface area contributed by atoms with E-state index in [-0.39, 0.29) is 5.91 Å². The van der Waals surface area contributed by atoms with Crippen LogP contribution < -0.4 is 11.1 Å². The number of carbonyl (C=O) groups is 1. The molecule has 1 atom stereocenters. The second kappa shape index (κ2) is 13.0. The highest BCUT2D eigenvalue weighted by atomic mass is 32.2. The summed E-state index contributed by atoms with van der Waals surface area (Å²) in [5.41, 5.74) is 5.58. The minimum atomic E-state index is 0.173. The van der Waals surface area contributed by atoms with Crippen LogP contribution in [0, 0.1) is 5.92 Å². The van der Waals surface area contributed by atoms with E-state index in [1.54, 1.807) is 11.8 Å². The fourth-order valence-electron chi connectivity index (χ4n) is 1.93. The third-order valence-corrected chi connectivity index (χ3v) is 3.82. The lowest BCUT2D eigenvalue weighted by atomic mass is 9.94. The first kappa shape index (κ1) is 17.5. The molecule has 1 unspecified atom stereocenters. The van der Waals surface area contributed by atoms with Crippen LogP contribution in [-0.2, 0) is 4.79 Å². The van der Waals surface area contributed by atoms with Crippen LogP contribution in [0.1, 0.15) is 39.0 Å². The maximum Gasteiger partial charge on any atom is 0.220 e. The summed E-state index contributed by atoms with van der Waals surface area (Å²) in [4.78, 5) is 11.6. The van der Waals surface area contributed by atoms with Gasteiger partial charge >= 0.3 is 0 Å². The van der Waals surface area contributed by atoms with E-state index in [1.165, 1.54) is 12.8 Å². The average Bonchev–Trinajstić information content (AvgIpc) is 2.36. The van der Waals surface area contributed by atoms with Crippen LogP contribution in [0.25, 0.3) is 0 Å². The molecule has 0 saturated carbocycles. The second-order valence-electron chi connectivity index (χ2n) is 4.48. The van der Waals surface area contributed by atoms with Gasteiger partial charge in [0.1, 0.15) is 0 Å². The van der Waals surface area contributed by atoms with Crippen molar-refractivity contribution in [3.63, 3.8) is 0 Å². The van der Waals surface area contributed by atoms with Crippen LogP contribution in [0.4, 0.5) is 0 Å². The number of amides is 1. The molecule has 1 amide bonds. The van der Waals surface area contributed by atoms with Crippen LogP contribution in [0.5, 0.6) is 0 Å². The molecule has 0 rings (SSSR count). The molecule has 3 nitrogen and oxygen atoms in total. The van der Waals surface area contributed by atoms with Crippen molar-refractivity contribution in [1.82, 2.24) is 5.32 Å². The Balaban J connectivity index is 3.57. The van der Waals surface area contributed by atoms with Crippen molar-refractivity contribution < 1.29 is 4.79 Å². The molecule has 0 fully saturated rings. The number of nitrogens with one attached hydrogen (secondary N) is 1. The molecule has 0 radical (unpaired) electrons. The lowest BCUT2D eigenvalue weighted by Crippen LogP contribution is -2.26. The highest BCUT2D eigenvalue weighted by Gasteiger charge is 2.09. The lowest BCUT2D eigenvalue weighted by molar-refractivity contribution is -0.121. The molecule has 0 heterocycles. The third kappa shape index (κ3) is 10.7. The molecule has 0 aliphatic rings. The number of carbonyl (C=O) groups excluding carboxylic acids is 1. The smallest absolute Gasteiger partial charge is 0.220 e. The fraction of sp³-hybridized carbons (Fsp3) is 0.786. The van der Waals surface area contributed by atoms with Crippen LogP contribution in [-0.4, -0.2) is 30.5 Å². The number of nitrogens with two attached hydrogens (primary N) is 1. The highest BCUT2D eigenvalue weighted by molar-refractivity contribution is 7.99. The number of hydrogen-bond acceptors (Lipinski definition) is 3. The summed E-state index contributed by atoms with van der Waals surface area (Å²) in [6, 6.07) is 0. The summed E-state index contributed by atoms with van der Waals surface area (Å²) in [5.74, 6) is 2.69.